The van der Waals surface area contributed by atoms with Gasteiger partial charge in [-0.25, -0.2) is 4.98 Å². The number of pyridine rings is 1. The Morgan fingerprint density at radius 1 is 1.17 bits per heavy atom. The summed E-state index contributed by atoms with van der Waals surface area (Å²) in [5.74, 6) is 1.49. The third-order valence-corrected chi connectivity index (χ3v) is 3.45. The third-order valence-electron chi connectivity index (χ3n) is 2.98. The van der Waals surface area contributed by atoms with Crippen LogP contribution in [-0.4, -0.2) is 11.5 Å². The summed E-state index contributed by atoms with van der Waals surface area (Å²) in [6, 6.07) is 14.6. The number of rotatable bonds is 5. The van der Waals surface area contributed by atoms with Crippen molar-refractivity contribution in [3.8, 4) is 0 Å². The van der Waals surface area contributed by atoms with Gasteiger partial charge in [0.2, 0.25) is 0 Å². The molecule has 1 unspecified atom stereocenters. The lowest BCUT2D eigenvalue weighted by Gasteiger charge is -2.12. The number of hydrogen-bond acceptors (Lipinski definition) is 2. The second kappa shape index (κ2) is 6.55. The molecule has 1 aromatic carbocycles. The minimum Gasteiger partial charge on any atom is -0.370 e. The zero-order valence-electron chi connectivity index (χ0n) is 10.4. The van der Waals surface area contributed by atoms with Crippen LogP contribution in [0.1, 0.15) is 24.8 Å². The molecule has 0 radical (unpaired) electrons. The number of halogens is 1. The largest absolute Gasteiger partial charge is 0.370 e. The normalized spacial score (nSPS) is 12.1. The molecule has 3 heteroatoms. The first kappa shape index (κ1) is 13.1. The van der Waals surface area contributed by atoms with E-state index in [1.807, 2.05) is 18.3 Å². The van der Waals surface area contributed by atoms with Crippen LogP contribution in [-0.2, 0) is 0 Å². The molecule has 94 valence electrons. The summed E-state index contributed by atoms with van der Waals surface area (Å²) in [6.45, 7) is 3.19. The van der Waals surface area contributed by atoms with Crippen molar-refractivity contribution in [2.75, 3.05) is 11.9 Å². The lowest BCUT2D eigenvalue weighted by molar-refractivity contribution is 0.705. The number of aromatic nitrogens is 1. The molecular formula is C15H17BrN2. The van der Waals surface area contributed by atoms with Gasteiger partial charge in [-0.3, -0.25) is 0 Å². The number of nitrogens with one attached hydrogen (secondary N) is 1. The molecule has 1 atom stereocenters. The standard InChI is InChI=1S/C15H17BrN2/c1-12(13-5-3-2-4-6-13)9-10-17-15-8-7-14(16)11-18-15/h2-8,11-12H,9-10H2,1H3,(H,17,18). The monoisotopic (exact) mass is 304 g/mol. The third kappa shape index (κ3) is 3.84. The van der Waals surface area contributed by atoms with Gasteiger partial charge in [0.05, 0.1) is 0 Å². The Morgan fingerprint density at radius 2 is 1.94 bits per heavy atom. The van der Waals surface area contributed by atoms with Gasteiger partial charge < -0.3 is 5.32 Å². The van der Waals surface area contributed by atoms with E-state index >= 15 is 0 Å². The fourth-order valence-electron chi connectivity index (χ4n) is 1.85. The molecule has 0 bridgehead atoms. The van der Waals surface area contributed by atoms with E-state index in [0.717, 1.165) is 23.3 Å². The van der Waals surface area contributed by atoms with E-state index in [1.54, 1.807) is 0 Å². The van der Waals surface area contributed by atoms with Crippen LogP contribution in [0.25, 0.3) is 0 Å². The van der Waals surface area contributed by atoms with Crippen LogP contribution < -0.4 is 5.32 Å². The van der Waals surface area contributed by atoms with E-state index in [0.29, 0.717) is 5.92 Å². The molecule has 2 nitrogen and oxygen atoms in total. The summed E-state index contributed by atoms with van der Waals surface area (Å²) in [5.41, 5.74) is 1.39. The van der Waals surface area contributed by atoms with Gasteiger partial charge in [-0.05, 0) is 46.0 Å². The van der Waals surface area contributed by atoms with Crippen LogP contribution in [0.4, 0.5) is 5.82 Å². The highest BCUT2D eigenvalue weighted by atomic mass is 79.9. The molecule has 0 amide bonds. The van der Waals surface area contributed by atoms with Crippen LogP contribution in [0.2, 0.25) is 0 Å². The highest BCUT2D eigenvalue weighted by Gasteiger charge is 2.04. The molecule has 2 aromatic rings. The highest BCUT2D eigenvalue weighted by molar-refractivity contribution is 9.10. The van der Waals surface area contributed by atoms with Gasteiger partial charge in [0, 0.05) is 17.2 Å². The average molecular weight is 305 g/mol. The van der Waals surface area contributed by atoms with Crippen molar-refractivity contribution < 1.29 is 0 Å². The quantitative estimate of drug-likeness (QED) is 0.882. The smallest absolute Gasteiger partial charge is 0.125 e. The zero-order valence-corrected chi connectivity index (χ0v) is 12.0. The molecule has 1 heterocycles. The van der Waals surface area contributed by atoms with Gasteiger partial charge in [-0.1, -0.05) is 37.3 Å². The maximum atomic E-state index is 4.29. The summed E-state index contributed by atoms with van der Waals surface area (Å²) in [5, 5.41) is 3.34. The van der Waals surface area contributed by atoms with Crippen LogP contribution in [0.3, 0.4) is 0 Å². The Bertz CT molecular complexity index is 468. The summed E-state index contributed by atoms with van der Waals surface area (Å²) in [4.78, 5) is 4.29. The molecule has 0 fully saturated rings. The van der Waals surface area contributed by atoms with Crippen molar-refractivity contribution in [3.05, 3.63) is 58.7 Å². The maximum absolute atomic E-state index is 4.29. The summed E-state index contributed by atoms with van der Waals surface area (Å²) in [6.07, 6.45) is 2.91. The topological polar surface area (TPSA) is 24.9 Å². The van der Waals surface area contributed by atoms with E-state index in [9.17, 15) is 0 Å². The van der Waals surface area contributed by atoms with E-state index in [1.165, 1.54) is 5.56 Å². The number of hydrogen-bond donors (Lipinski definition) is 1. The predicted octanol–water partition coefficient (Wildman–Crippen LogP) is 4.45. The lowest BCUT2D eigenvalue weighted by atomic mass is 9.98. The van der Waals surface area contributed by atoms with E-state index in [4.69, 9.17) is 0 Å². The molecule has 0 aliphatic carbocycles. The molecule has 0 aliphatic rings. The first-order chi connectivity index (χ1) is 8.75. The van der Waals surface area contributed by atoms with Crippen LogP contribution in [0.5, 0.6) is 0 Å². The SMILES string of the molecule is CC(CCNc1ccc(Br)cn1)c1ccccc1. The molecule has 1 N–H and O–H groups in total. The lowest BCUT2D eigenvalue weighted by Crippen LogP contribution is -2.06. The second-order valence-electron chi connectivity index (χ2n) is 4.39. The first-order valence-electron chi connectivity index (χ1n) is 6.16. The van der Waals surface area contributed by atoms with E-state index in [2.05, 4.69) is 63.5 Å². The Balaban J connectivity index is 1.80. The van der Waals surface area contributed by atoms with Gasteiger partial charge in [0.1, 0.15) is 5.82 Å². The number of nitrogens with zero attached hydrogens (tertiary/aromatic N) is 1. The molecule has 0 spiro atoms. The van der Waals surface area contributed by atoms with Crippen molar-refractivity contribution in [2.45, 2.75) is 19.3 Å². The molecular weight excluding hydrogens is 288 g/mol. The minimum absolute atomic E-state index is 0.564. The van der Waals surface area contributed by atoms with Crippen molar-refractivity contribution >= 4 is 21.7 Å². The maximum Gasteiger partial charge on any atom is 0.125 e. The van der Waals surface area contributed by atoms with Crippen molar-refractivity contribution in [1.29, 1.82) is 0 Å². The first-order valence-corrected chi connectivity index (χ1v) is 6.95. The Hall–Kier alpha value is -1.35. The van der Waals surface area contributed by atoms with Crippen LogP contribution in [0, 0.1) is 0 Å². The Kier molecular flexibility index (Phi) is 4.76. The predicted molar refractivity (Wildman–Crippen MR) is 79.9 cm³/mol. The Labute approximate surface area is 117 Å². The van der Waals surface area contributed by atoms with E-state index in [-0.39, 0.29) is 0 Å². The number of benzene rings is 1. The van der Waals surface area contributed by atoms with Gasteiger partial charge in [0.15, 0.2) is 0 Å². The summed E-state index contributed by atoms with van der Waals surface area (Å²) >= 11 is 3.38. The van der Waals surface area contributed by atoms with Crippen molar-refractivity contribution in [3.63, 3.8) is 0 Å². The molecule has 0 saturated carbocycles. The van der Waals surface area contributed by atoms with Crippen molar-refractivity contribution in [1.82, 2.24) is 4.98 Å². The Morgan fingerprint density at radius 3 is 2.61 bits per heavy atom. The van der Waals surface area contributed by atoms with Crippen molar-refractivity contribution in [2.24, 2.45) is 0 Å². The average Bonchev–Trinajstić information content (AvgIpc) is 2.42. The summed E-state index contributed by atoms with van der Waals surface area (Å²) in [7, 11) is 0. The molecule has 0 saturated heterocycles. The summed E-state index contributed by atoms with van der Waals surface area (Å²) < 4.78 is 1.01. The van der Waals surface area contributed by atoms with Gasteiger partial charge in [0.25, 0.3) is 0 Å². The van der Waals surface area contributed by atoms with Gasteiger partial charge >= 0.3 is 0 Å². The minimum atomic E-state index is 0.564. The van der Waals surface area contributed by atoms with Crippen LogP contribution in [0.15, 0.2) is 53.1 Å². The van der Waals surface area contributed by atoms with Gasteiger partial charge in [-0.2, -0.15) is 0 Å². The second-order valence-corrected chi connectivity index (χ2v) is 5.30. The molecule has 1 aromatic heterocycles. The molecule has 0 aliphatic heterocycles. The van der Waals surface area contributed by atoms with E-state index < -0.39 is 0 Å². The van der Waals surface area contributed by atoms with Gasteiger partial charge in [-0.15, -0.1) is 0 Å². The molecule has 2 rings (SSSR count). The highest BCUT2D eigenvalue weighted by Crippen LogP contribution is 2.18. The molecule has 18 heavy (non-hydrogen) atoms. The fraction of sp³-hybridized carbons (Fsp3) is 0.267. The number of anilines is 1. The fourth-order valence-corrected chi connectivity index (χ4v) is 2.08. The van der Waals surface area contributed by atoms with Crippen LogP contribution >= 0.6 is 15.9 Å². The zero-order chi connectivity index (χ0) is 12.8.